The number of carbonyl (C=O) groups excluding carboxylic acids is 1. The zero-order chi connectivity index (χ0) is 30.2. The molecule has 0 aliphatic heterocycles. The van der Waals surface area contributed by atoms with Crippen molar-refractivity contribution < 1.29 is 23.7 Å². The first kappa shape index (κ1) is 30.9. The molecule has 1 atom stereocenters. The highest BCUT2D eigenvalue weighted by molar-refractivity contribution is 9.10. The summed E-state index contributed by atoms with van der Waals surface area (Å²) in [4.78, 5) is 23.3. The maximum atomic E-state index is 12.5. The van der Waals surface area contributed by atoms with E-state index in [1.807, 2.05) is 92.7 Å². The van der Waals surface area contributed by atoms with Crippen molar-refractivity contribution in [2.75, 3.05) is 0 Å². The standard InChI is InChI=1S/C20H19BrN2O2.C12H10BrNO3/c1-13(15-6-4-3-5-7-15)22-19(24)12-18-14(2)23-25-20(18)16-8-10-17(21)11-9-16;1-7-10(6-11(15)16)12(17-14-7)8-2-4-9(13)5-3-8/h3-11,13H,12H2,1-2H3,(H,22,24);2-5H,6H2,1H3,(H,15,16). The Bertz CT molecular complexity index is 1650. The fourth-order valence-electron chi connectivity index (χ4n) is 4.28. The number of aromatic nitrogens is 2. The van der Waals surface area contributed by atoms with Crippen molar-refractivity contribution in [1.29, 1.82) is 0 Å². The van der Waals surface area contributed by atoms with E-state index < -0.39 is 5.97 Å². The van der Waals surface area contributed by atoms with E-state index in [9.17, 15) is 9.59 Å². The predicted molar refractivity (Wildman–Crippen MR) is 167 cm³/mol. The molecular formula is C32H29Br2N3O5. The van der Waals surface area contributed by atoms with Crippen molar-refractivity contribution in [3.63, 3.8) is 0 Å². The van der Waals surface area contributed by atoms with Gasteiger partial charge < -0.3 is 19.5 Å². The molecule has 5 aromatic rings. The minimum absolute atomic E-state index is 0.0509. The summed E-state index contributed by atoms with van der Waals surface area (Å²) >= 11 is 6.76. The second kappa shape index (κ2) is 14.2. The summed E-state index contributed by atoms with van der Waals surface area (Å²) in [6.45, 7) is 5.57. The average Bonchev–Trinajstić information content (AvgIpc) is 3.51. The van der Waals surface area contributed by atoms with E-state index in [1.165, 1.54) is 0 Å². The summed E-state index contributed by atoms with van der Waals surface area (Å²) in [7, 11) is 0. The molecule has 2 aromatic heterocycles. The van der Waals surface area contributed by atoms with Gasteiger partial charge in [-0.1, -0.05) is 96.8 Å². The summed E-state index contributed by atoms with van der Waals surface area (Å²) in [5, 5.41) is 19.7. The summed E-state index contributed by atoms with van der Waals surface area (Å²) < 4.78 is 12.6. The number of carbonyl (C=O) groups is 2. The zero-order valence-corrected chi connectivity index (χ0v) is 26.4. The van der Waals surface area contributed by atoms with Crippen LogP contribution in [0.4, 0.5) is 0 Å². The van der Waals surface area contributed by atoms with Gasteiger partial charge in [0.05, 0.1) is 30.3 Å². The van der Waals surface area contributed by atoms with Crippen LogP contribution in [0.1, 0.15) is 41.0 Å². The lowest BCUT2D eigenvalue weighted by atomic mass is 10.0. The summed E-state index contributed by atoms with van der Waals surface area (Å²) in [5.74, 6) is 0.223. The molecule has 0 saturated heterocycles. The normalized spacial score (nSPS) is 11.4. The maximum Gasteiger partial charge on any atom is 0.308 e. The molecule has 10 heteroatoms. The Kier molecular flexibility index (Phi) is 10.5. The molecule has 2 N–H and O–H groups in total. The topological polar surface area (TPSA) is 118 Å². The third-order valence-corrected chi connectivity index (χ3v) is 7.58. The van der Waals surface area contributed by atoms with Gasteiger partial charge in [-0.3, -0.25) is 9.59 Å². The van der Waals surface area contributed by atoms with Crippen LogP contribution in [0, 0.1) is 13.8 Å². The highest BCUT2D eigenvalue weighted by atomic mass is 79.9. The molecule has 42 heavy (non-hydrogen) atoms. The van der Waals surface area contributed by atoms with Gasteiger partial charge in [0.25, 0.3) is 0 Å². The van der Waals surface area contributed by atoms with Gasteiger partial charge in [-0.05, 0) is 50.6 Å². The van der Waals surface area contributed by atoms with E-state index in [-0.39, 0.29) is 24.8 Å². The molecule has 0 saturated carbocycles. The van der Waals surface area contributed by atoms with Gasteiger partial charge in [0.15, 0.2) is 11.5 Å². The van der Waals surface area contributed by atoms with E-state index in [0.717, 1.165) is 36.9 Å². The van der Waals surface area contributed by atoms with Crippen LogP contribution in [0.3, 0.4) is 0 Å². The fourth-order valence-corrected chi connectivity index (χ4v) is 4.81. The molecule has 0 aliphatic rings. The molecule has 0 aliphatic carbocycles. The number of carboxylic acid groups (broad SMARTS) is 1. The van der Waals surface area contributed by atoms with E-state index in [2.05, 4.69) is 47.5 Å². The van der Waals surface area contributed by atoms with Crippen LogP contribution >= 0.6 is 31.9 Å². The van der Waals surface area contributed by atoms with Crippen molar-refractivity contribution in [3.8, 4) is 22.6 Å². The number of nitrogens with zero attached hydrogens (tertiary/aromatic N) is 2. The number of amides is 1. The van der Waals surface area contributed by atoms with Gasteiger partial charge >= 0.3 is 5.97 Å². The van der Waals surface area contributed by atoms with Crippen molar-refractivity contribution in [2.45, 2.75) is 39.7 Å². The largest absolute Gasteiger partial charge is 0.481 e. The van der Waals surface area contributed by atoms with Crippen LogP contribution < -0.4 is 5.32 Å². The first-order valence-electron chi connectivity index (χ1n) is 13.1. The fraction of sp³-hybridized carbons (Fsp3) is 0.188. The third kappa shape index (κ3) is 8.04. The van der Waals surface area contributed by atoms with Crippen LogP contribution in [0.2, 0.25) is 0 Å². The first-order chi connectivity index (χ1) is 20.1. The number of aliphatic carboxylic acids is 1. The molecule has 0 bridgehead atoms. The Labute approximate surface area is 260 Å². The Morgan fingerprint density at radius 3 is 1.67 bits per heavy atom. The molecule has 0 fully saturated rings. The van der Waals surface area contributed by atoms with Crippen LogP contribution in [0.5, 0.6) is 0 Å². The monoisotopic (exact) mass is 693 g/mol. The molecule has 2 heterocycles. The Morgan fingerprint density at radius 2 is 1.21 bits per heavy atom. The molecule has 3 aromatic carbocycles. The molecule has 8 nitrogen and oxygen atoms in total. The zero-order valence-electron chi connectivity index (χ0n) is 23.2. The molecule has 1 amide bonds. The van der Waals surface area contributed by atoms with Gasteiger partial charge in [0, 0.05) is 31.2 Å². The first-order valence-corrected chi connectivity index (χ1v) is 14.7. The lowest BCUT2D eigenvalue weighted by molar-refractivity contribution is -0.136. The van der Waals surface area contributed by atoms with Gasteiger partial charge in [0.2, 0.25) is 5.91 Å². The predicted octanol–water partition coefficient (Wildman–Crippen LogP) is 7.87. The van der Waals surface area contributed by atoms with Gasteiger partial charge in [0.1, 0.15) is 0 Å². The third-order valence-electron chi connectivity index (χ3n) is 6.52. The average molecular weight is 695 g/mol. The van der Waals surface area contributed by atoms with Gasteiger partial charge in [-0.25, -0.2) is 0 Å². The van der Waals surface area contributed by atoms with E-state index >= 15 is 0 Å². The van der Waals surface area contributed by atoms with Crippen LogP contribution in [0.25, 0.3) is 22.6 Å². The molecule has 1 unspecified atom stereocenters. The molecule has 0 radical (unpaired) electrons. The molecule has 0 spiro atoms. The number of hydrogen-bond donors (Lipinski definition) is 2. The quantitative estimate of drug-likeness (QED) is 0.170. The minimum atomic E-state index is -0.894. The smallest absolute Gasteiger partial charge is 0.308 e. The van der Waals surface area contributed by atoms with E-state index in [4.69, 9.17) is 14.2 Å². The summed E-state index contributed by atoms with van der Waals surface area (Å²) in [6, 6.07) is 25.1. The Balaban J connectivity index is 0.000000208. The number of hydrogen-bond acceptors (Lipinski definition) is 6. The highest BCUT2D eigenvalue weighted by Gasteiger charge is 2.20. The second-order valence-corrected chi connectivity index (χ2v) is 11.4. The summed E-state index contributed by atoms with van der Waals surface area (Å²) in [6.07, 6.45) is 0.151. The van der Waals surface area contributed by atoms with Gasteiger partial charge in [-0.15, -0.1) is 0 Å². The molecule has 5 rings (SSSR count). The van der Waals surface area contributed by atoms with Crippen LogP contribution in [0.15, 0.2) is 96.9 Å². The van der Waals surface area contributed by atoms with E-state index in [0.29, 0.717) is 22.8 Å². The van der Waals surface area contributed by atoms with Crippen LogP contribution in [-0.2, 0) is 22.4 Å². The Hall–Kier alpha value is -4.02. The lowest BCUT2D eigenvalue weighted by Crippen LogP contribution is -2.28. The Morgan fingerprint density at radius 1 is 0.762 bits per heavy atom. The summed E-state index contributed by atoms with van der Waals surface area (Å²) in [5.41, 5.74) is 5.60. The highest BCUT2D eigenvalue weighted by Crippen LogP contribution is 2.29. The number of rotatable bonds is 8. The lowest BCUT2D eigenvalue weighted by Gasteiger charge is -2.14. The second-order valence-electron chi connectivity index (χ2n) is 9.61. The van der Waals surface area contributed by atoms with Crippen LogP contribution in [-0.4, -0.2) is 27.3 Å². The minimum Gasteiger partial charge on any atom is -0.481 e. The van der Waals surface area contributed by atoms with Gasteiger partial charge in [-0.2, -0.15) is 0 Å². The number of carboxylic acids is 1. The van der Waals surface area contributed by atoms with Crippen molar-refractivity contribution in [3.05, 3.63) is 116 Å². The molecular weight excluding hydrogens is 666 g/mol. The van der Waals surface area contributed by atoms with Crippen molar-refractivity contribution in [1.82, 2.24) is 15.6 Å². The molecule has 216 valence electrons. The number of nitrogens with one attached hydrogen (secondary N) is 1. The van der Waals surface area contributed by atoms with E-state index in [1.54, 1.807) is 6.92 Å². The maximum absolute atomic E-state index is 12.5. The van der Waals surface area contributed by atoms with Crippen molar-refractivity contribution in [2.24, 2.45) is 0 Å². The number of halogens is 2. The van der Waals surface area contributed by atoms with Crippen molar-refractivity contribution >= 4 is 43.7 Å². The number of benzene rings is 3. The number of aryl methyl sites for hydroxylation is 2. The SMILES string of the molecule is Cc1noc(-c2ccc(Br)cc2)c1CC(=O)NC(C)c1ccccc1.Cc1noc(-c2ccc(Br)cc2)c1CC(=O)O.